The van der Waals surface area contributed by atoms with E-state index in [1.807, 2.05) is 54.6 Å². The molecule has 1 aromatic heterocycles. The van der Waals surface area contributed by atoms with E-state index in [1.54, 1.807) is 12.3 Å². The molecule has 3 rings (SSSR count). The third-order valence-corrected chi connectivity index (χ3v) is 5.53. The SMILES string of the molecule is CCC(=O)O[C@@H](CNCCc1ccc(NC(=O)Cc2csc(N)n2)cc1)c1ccccc1. The van der Waals surface area contributed by atoms with Crippen molar-refractivity contribution in [2.24, 2.45) is 0 Å². The molecule has 0 saturated heterocycles. The summed E-state index contributed by atoms with van der Waals surface area (Å²) in [5, 5.41) is 8.50. The summed E-state index contributed by atoms with van der Waals surface area (Å²) in [6.45, 7) is 3.08. The van der Waals surface area contributed by atoms with Crippen LogP contribution in [-0.4, -0.2) is 29.9 Å². The van der Waals surface area contributed by atoms with Gasteiger partial charge in [0.2, 0.25) is 5.91 Å². The van der Waals surface area contributed by atoms with Gasteiger partial charge >= 0.3 is 5.97 Å². The maximum Gasteiger partial charge on any atom is 0.306 e. The molecular weight excluding hydrogens is 424 g/mol. The number of thiazole rings is 1. The predicted octanol–water partition coefficient (Wildman–Crippen LogP) is 3.73. The Morgan fingerprint density at radius 2 is 1.88 bits per heavy atom. The number of nitrogens with zero attached hydrogens (tertiary/aromatic N) is 1. The Morgan fingerprint density at radius 1 is 1.12 bits per heavy atom. The van der Waals surface area contributed by atoms with Gasteiger partial charge in [-0.2, -0.15) is 0 Å². The Bertz CT molecular complexity index is 1010. The number of aromatic nitrogens is 1. The molecule has 0 aliphatic carbocycles. The number of carbonyl (C=O) groups excluding carboxylic acids is 2. The highest BCUT2D eigenvalue weighted by Gasteiger charge is 2.15. The van der Waals surface area contributed by atoms with Crippen LogP contribution < -0.4 is 16.4 Å². The number of nitrogens with two attached hydrogens (primary N) is 1. The van der Waals surface area contributed by atoms with E-state index in [9.17, 15) is 9.59 Å². The zero-order valence-electron chi connectivity index (χ0n) is 18.0. The number of ether oxygens (including phenoxy) is 1. The number of esters is 1. The fourth-order valence-electron chi connectivity index (χ4n) is 3.13. The predicted molar refractivity (Wildman–Crippen MR) is 127 cm³/mol. The van der Waals surface area contributed by atoms with Crippen molar-refractivity contribution in [3.8, 4) is 0 Å². The number of hydrogen-bond donors (Lipinski definition) is 3. The van der Waals surface area contributed by atoms with E-state index in [-0.39, 0.29) is 24.4 Å². The van der Waals surface area contributed by atoms with Gasteiger partial charge in [0.25, 0.3) is 0 Å². The van der Waals surface area contributed by atoms with Crippen molar-refractivity contribution < 1.29 is 14.3 Å². The summed E-state index contributed by atoms with van der Waals surface area (Å²) < 4.78 is 5.58. The molecule has 8 heteroatoms. The second-order valence-electron chi connectivity index (χ2n) is 7.30. The minimum Gasteiger partial charge on any atom is -0.456 e. The van der Waals surface area contributed by atoms with Crippen molar-refractivity contribution in [2.75, 3.05) is 24.1 Å². The number of carbonyl (C=O) groups is 2. The summed E-state index contributed by atoms with van der Waals surface area (Å²) in [7, 11) is 0. The quantitative estimate of drug-likeness (QED) is 0.302. The lowest BCUT2D eigenvalue weighted by atomic mass is 10.1. The van der Waals surface area contributed by atoms with Crippen molar-refractivity contribution in [3.05, 3.63) is 76.8 Å². The molecule has 0 aliphatic heterocycles. The zero-order chi connectivity index (χ0) is 22.8. The lowest BCUT2D eigenvalue weighted by Gasteiger charge is -2.19. The van der Waals surface area contributed by atoms with Crippen LogP contribution in [-0.2, 0) is 27.2 Å². The second kappa shape index (κ2) is 12.0. The highest BCUT2D eigenvalue weighted by Crippen LogP contribution is 2.17. The van der Waals surface area contributed by atoms with Crippen LogP contribution in [0.5, 0.6) is 0 Å². The molecule has 0 spiro atoms. The Hall–Kier alpha value is -3.23. The zero-order valence-corrected chi connectivity index (χ0v) is 18.9. The van der Waals surface area contributed by atoms with Crippen molar-refractivity contribution in [1.29, 1.82) is 0 Å². The van der Waals surface area contributed by atoms with Crippen LogP contribution in [0.15, 0.2) is 60.0 Å². The summed E-state index contributed by atoms with van der Waals surface area (Å²) in [4.78, 5) is 28.0. The van der Waals surface area contributed by atoms with Crippen LogP contribution in [0.25, 0.3) is 0 Å². The van der Waals surface area contributed by atoms with Crippen LogP contribution >= 0.6 is 11.3 Å². The Kier molecular flexibility index (Phi) is 8.77. The van der Waals surface area contributed by atoms with Gasteiger partial charge in [0.05, 0.1) is 12.1 Å². The number of rotatable bonds is 11. The summed E-state index contributed by atoms with van der Waals surface area (Å²) in [5.41, 5.74) is 9.13. The third kappa shape index (κ3) is 7.47. The van der Waals surface area contributed by atoms with Crippen LogP contribution in [0.2, 0.25) is 0 Å². The number of hydrogen-bond acceptors (Lipinski definition) is 7. The molecule has 0 aliphatic rings. The number of amides is 1. The van der Waals surface area contributed by atoms with Crippen molar-refractivity contribution >= 4 is 34.0 Å². The highest BCUT2D eigenvalue weighted by atomic mass is 32.1. The van der Waals surface area contributed by atoms with Crippen LogP contribution in [0, 0.1) is 0 Å². The molecule has 4 N–H and O–H groups in total. The molecule has 0 unspecified atom stereocenters. The Balaban J connectivity index is 1.44. The van der Waals surface area contributed by atoms with Crippen molar-refractivity contribution in [3.63, 3.8) is 0 Å². The van der Waals surface area contributed by atoms with Gasteiger partial charge in [0, 0.05) is 24.0 Å². The van der Waals surface area contributed by atoms with Gasteiger partial charge in [-0.1, -0.05) is 49.4 Å². The van der Waals surface area contributed by atoms with E-state index in [0.717, 1.165) is 29.8 Å². The normalized spacial score (nSPS) is 11.7. The van der Waals surface area contributed by atoms with Gasteiger partial charge in [0.15, 0.2) is 5.13 Å². The number of nitrogens with one attached hydrogen (secondary N) is 2. The smallest absolute Gasteiger partial charge is 0.306 e. The summed E-state index contributed by atoms with van der Waals surface area (Å²) in [6.07, 6.45) is 1.05. The molecule has 7 nitrogen and oxygen atoms in total. The van der Waals surface area contributed by atoms with E-state index < -0.39 is 0 Å². The van der Waals surface area contributed by atoms with Crippen LogP contribution in [0.3, 0.4) is 0 Å². The van der Waals surface area contributed by atoms with Crippen LogP contribution in [0.4, 0.5) is 10.8 Å². The largest absolute Gasteiger partial charge is 0.456 e. The minimum atomic E-state index is -0.311. The van der Waals surface area contributed by atoms with Gasteiger partial charge in [-0.15, -0.1) is 11.3 Å². The molecule has 0 radical (unpaired) electrons. The third-order valence-electron chi connectivity index (χ3n) is 4.80. The van der Waals surface area contributed by atoms with E-state index >= 15 is 0 Å². The lowest BCUT2D eigenvalue weighted by molar-refractivity contribution is -0.148. The van der Waals surface area contributed by atoms with Gasteiger partial charge in [-0.05, 0) is 36.2 Å². The molecule has 3 aromatic rings. The number of benzene rings is 2. The number of nitrogen functional groups attached to an aromatic ring is 1. The molecule has 0 fully saturated rings. The first-order valence-electron chi connectivity index (χ1n) is 10.6. The van der Waals surface area contributed by atoms with Crippen LogP contribution in [0.1, 0.15) is 36.3 Å². The topological polar surface area (TPSA) is 106 Å². The summed E-state index contributed by atoms with van der Waals surface area (Å²) in [5.74, 6) is -0.338. The van der Waals surface area contributed by atoms with E-state index in [2.05, 4.69) is 15.6 Å². The first kappa shape index (κ1) is 23.4. The van der Waals surface area contributed by atoms with E-state index in [0.29, 0.717) is 23.8 Å². The monoisotopic (exact) mass is 452 g/mol. The Morgan fingerprint density at radius 3 is 2.53 bits per heavy atom. The summed E-state index contributed by atoms with van der Waals surface area (Å²) >= 11 is 1.32. The standard InChI is InChI=1S/C24H28N4O3S/c1-2-23(30)31-21(18-6-4-3-5-7-18)15-26-13-12-17-8-10-19(11-9-17)27-22(29)14-20-16-32-24(25)28-20/h3-11,16,21,26H,2,12-15H2,1H3,(H2,25,28)(H,27,29)/t21-/m0/s1. The van der Waals surface area contributed by atoms with Crippen molar-refractivity contribution in [1.82, 2.24) is 10.3 Å². The lowest BCUT2D eigenvalue weighted by Crippen LogP contribution is -2.26. The molecular formula is C24H28N4O3S. The maximum atomic E-state index is 12.1. The molecule has 0 saturated carbocycles. The van der Waals surface area contributed by atoms with E-state index in [4.69, 9.17) is 10.5 Å². The second-order valence-corrected chi connectivity index (χ2v) is 8.19. The first-order valence-corrected chi connectivity index (χ1v) is 11.4. The fraction of sp³-hybridized carbons (Fsp3) is 0.292. The average Bonchev–Trinajstić information content (AvgIpc) is 3.21. The Labute approximate surface area is 192 Å². The molecule has 0 bridgehead atoms. The molecule has 2 aromatic carbocycles. The van der Waals surface area contributed by atoms with Gasteiger partial charge in [-0.25, -0.2) is 4.98 Å². The molecule has 1 heterocycles. The molecule has 168 valence electrons. The highest BCUT2D eigenvalue weighted by molar-refractivity contribution is 7.13. The van der Waals surface area contributed by atoms with Crippen molar-refractivity contribution in [2.45, 2.75) is 32.3 Å². The van der Waals surface area contributed by atoms with Gasteiger partial charge < -0.3 is 21.1 Å². The molecule has 32 heavy (non-hydrogen) atoms. The average molecular weight is 453 g/mol. The molecule has 1 atom stereocenters. The molecule has 1 amide bonds. The maximum absolute atomic E-state index is 12.1. The van der Waals surface area contributed by atoms with E-state index in [1.165, 1.54) is 11.3 Å². The fourth-order valence-corrected chi connectivity index (χ4v) is 3.69. The number of anilines is 2. The summed E-state index contributed by atoms with van der Waals surface area (Å²) in [6, 6.07) is 17.5. The van der Waals surface area contributed by atoms with Gasteiger partial charge in [-0.3, -0.25) is 9.59 Å². The van der Waals surface area contributed by atoms with Gasteiger partial charge in [0.1, 0.15) is 6.10 Å². The first-order chi connectivity index (χ1) is 15.5. The minimum absolute atomic E-state index is 0.127.